The van der Waals surface area contributed by atoms with E-state index in [2.05, 4.69) is 15.5 Å². The molecule has 1 aromatic rings. The van der Waals surface area contributed by atoms with E-state index in [0.717, 1.165) is 50.1 Å². The number of carbonyl (C=O) groups is 2. The van der Waals surface area contributed by atoms with E-state index >= 15 is 0 Å². The van der Waals surface area contributed by atoms with Crippen LogP contribution in [0.3, 0.4) is 0 Å². The predicted octanol–water partition coefficient (Wildman–Crippen LogP) is 2.48. The number of nitrogens with zero attached hydrogens (tertiary/aromatic N) is 2. The third-order valence-corrected chi connectivity index (χ3v) is 5.70. The summed E-state index contributed by atoms with van der Waals surface area (Å²) in [5, 5.41) is 15.2. The highest BCUT2D eigenvalue weighted by molar-refractivity contribution is 5.97. The Morgan fingerprint density at radius 2 is 2.11 bits per heavy atom. The Hall–Kier alpha value is -2.12. The number of aliphatic hydroxyl groups is 1. The van der Waals surface area contributed by atoms with Crippen molar-refractivity contribution in [3.63, 3.8) is 0 Å². The molecule has 0 saturated carbocycles. The van der Waals surface area contributed by atoms with Gasteiger partial charge in [-0.3, -0.25) is 9.69 Å². The fourth-order valence-electron chi connectivity index (χ4n) is 4.10. The minimum atomic E-state index is -0.236. The molecule has 1 aromatic carbocycles. The number of aryl methyl sites for hydroxylation is 1. The molecule has 2 aliphatic rings. The van der Waals surface area contributed by atoms with Crippen molar-refractivity contribution >= 4 is 23.3 Å². The Balaban J connectivity index is 1.45. The van der Waals surface area contributed by atoms with E-state index in [9.17, 15) is 14.7 Å². The van der Waals surface area contributed by atoms with Crippen LogP contribution >= 0.6 is 0 Å². The first-order valence-corrected chi connectivity index (χ1v) is 10.4. The number of urea groups is 1. The Morgan fingerprint density at radius 1 is 1.25 bits per heavy atom. The number of aliphatic hydroxyl groups excluding tert-OH is 1. The highest BCUT2D eigenvalue weighted by Crippen LogP contribution is 2.28. The first kappa shape index (κ1) is 20.6. The maximum Gasteiger partial charge on any atom is 0.319 e. The monoisotopic (exact) mass is 388 g/mol. The largest absolute Gasteiger partial charge is 0.395 e. The standard InChI is InChI=1S/C21H32N4O3/c1-16-8-9-17(14-19(16)25-13-4-7-20(25)27)23-21(28)22-10-5-12-24-11-3-2-6-18(24)15-26/h8-9,14,18,26H,2-7,10-13,15H2,1H3,(H2,22,23,28). The fraction of sp³-hybridized carbons (Fsp3) is 0.619. The molecule has 28 heavy (non-hydrogen) atoms. The normalized spacial score (nSPS) is 20.4. The van der Waals surface area contributed by atoms with Gasteiger partial charge in [0.25, 0.3) is 0 Å². The number of benzene rings is 1. The van der Waals surface area contributed by atoms with Gasteiger partial charge in [0.1, 0.15) is 0 Å². The van der Waals surface area contributed by atoms with Crippen LogP contribution in [0, 0.1) is 6.92 Å². The van der Waals surface area contributed by atoms with Gasteiger partial charge in [0.2, 0.25) is 5.91 Å². The summed E-state index contributed by atoms with van der Waals surface area (Å²) in [5.74, 6) is 0.142. The van der Waals surface area contributed by atoms with Crippen LogP contribution in [0.4, 0.5) is 16.2 Å². The SMILES string of the molecule is Cc1ccc(NC(=O)NCCCN2CCCCC2CO)cc1N1CCCC1=O. The third kappa shape index (κ3) is 5.23. The summed E-state index contributed by atoms with van der Waals surface area (Å²) >= 11 is 0. The molecule has 0 aromatic heterocycles. The first-order chi connectivity index (χ1) is 13.6. The van der Waals surface area contributed by atoms with Crippen LogP contribution in [0.1, 0.15) is 44.1 Å². The van der Waals surface area contributed by atoms with Crippen molar-refractivity contribution in [2.24, 2.45) is 0 Å². The molecule has 3 N–H and O–H groups in total. The number of hydrogen-bond donors (Lipinski definition) is 3. The summed E-state index contributed by atoms with van der Waals surface area (Å²) in [6, 6.07) is 5.69. The van der Waals surface area contributed by atoms with Gasteiger partial charge in [0, 0.05) is 43.5 Å². The van der Waals surface area contributed by atoms with E-state index in [-0.39, 0.29) is 24.6 Å². The van der Waals surface area contributed by atoms with E-state index in [0.29, 0.717) is 18.7 Å². The van der Waals surface area contributed by atoms with Crippen LogP contribution in [0.2, 0.25) is 0 Å². The van der Waals surface area contributed by atoms with Gasteiger partial charge in [0.05, 0.1) is 6.61 Å². The molecule has 7 heteroatoms. The number of amides is 3. The summed E-state index contributed by atoms with van der Waals surface area (Å²) in [6.07, 6.45) is 5.74. The lowest BCUT2D eigenvalue weighted by molar-refractivity contribution is -0.117. The van der Waals surface area contributed by atoms with Gasteiger partial charge >= 0.3 is 6.03 Å². The summed E-state index contributed by atoms with van der Waals surface area (Å²) in [4.78, 5) is 28.3. The number of carbonyl (C=O) groups excluding carboxylic acids is 2. The Morgan fingerprint density at radius 3 is 2.86 bits per heavy atom. The molecule has 3 amide bonds. The van der Waals surface area contributed by atoms with Crippen LogP contribution in [-0.4, -0.2) is 60.8 Å². The maximum absolute atomic E-state index is 12.2. The molecule has 7 nitrogen and oxygen atoms in total. The number of rotatable bonds is 7. The van der Waals surface area contributed by atoms with Gasteiger partial charge in [-0.1, -0.05) is 12.5 Å². The highest BCUT2D eigenvalue weighted by Gasteiger charge is 2.23. The van der Waals surface area contributed by atoms with Gasteiger partial charge in [-0.05, 0) is 56.8 Å². The molecular weight excluding hydrogens is 356 g/mol. The lowest BCUT2D eigenvalue weighted by atomic mass is 10.0. The number of piperidine rings is 1. The van der Waals surface area contributed by atoms with Crippen LogP contribution in [0.5, 0.6) is 0 Å². The number of anilines is 2. The van der Waals surface area contributed by atoms with Crippen molar-refractivity contribution in [3.05, 3.63) is 23.8 Å². The fourth-order valence-corrected chi connectivity index (χ4v) is 4.10. The molecule has 2 saturated heterocycles. The van der Waals surface area contributed by atoms with Crippen molar-refractivity contribution in [2.45, 2.75) is 51.5 Å². The zero-order chi connectivity index (χ0) is 19.9. The summed E-state index contributed by atoms with van der Waals surface area (Å²) in [5.41, 5.74) is 2.59. The first-order valence-electron chi connectivity index (χ1n) is 10.4. The van der Waals surface area contributed by atoms with Gasteiger partial charge in [-0.25, -0.2) is 4.79 Å². The van der Waals surface area contributed by atoms with E-state index < -0.39 is 0 Å². The second-order valence-corrected chi connectivity index (χ2v) is 7.75. The van der Waals surface area contributed by atoms with Crippen molar-refractivity contribution in [3.8, 4) is 0 Å². The summed E-state index contributed by atoms with van der Waals surface area (Å²) < 4.78 is 0. The molecule has 2 heterocycles. The minimum Gasteiger partial charge on any atom is -0.395 e. The van der Waals surface area contributed by atoms with Crippen LogP contribution in [0.15, 0.2) is 18.2 Å². The minimum absolute atomic E-state index is 0.142. The zero-order valence-electron chi connectivity index (χ0n) is 16.7. The van der Waals surface area contributed by atoms with E-state index in [4.69, 9.17) is 0 Å². The molecule has 0 bridgehead atoms. The number of likely N-dealkylation sites (tertiary alicyclic amines) is 1. The van der Waals surface area contributed by atoms with E-state index in [1.54, 1.807) is 4.90 Å². The Labute approximate surface area is 167 Å². The van der Waals surface area contributed by atoms with Gasteiger partial charge in [-0.15, -0.1) is 0 Å². The lowest BCUT2D eigenvalue weighted by Gasteiger charge is -2.34. The lowest BCUT2D eigenvalue weighted by Crippen LogP contribution is -2.43. The van der Waals surface area contributed by atoms with Crippen LogP contribution in [-0.2, 0) is 4.79 Å². The second kappa shape index (κ2) is 9.89. The highest BCUT2D eigenvalue weighted by atomic mass is 16.3. The second-order valence-electron chi connectivity index (χ2n) is 7.75. The molecule has 3 rings (SSSR count). The third-order valence-electron chi connectivity index (χ3n) is 5.70. The summed E-state index contributed by atoms with van der Waals surface area (Å²) in [6.45, 7) is 5.43. The molecule has 154 valence electrons. The Kier molecular flexibility index (Phi) is 7.28. The van der Waals surface area contributed by atoms with E-state index in [1.807, 2.05) is 25.1 Å². The molecule has 1 unspecified atom stereocenters. The summed E-state index contributed by atoms with van der Waals surface area (Å²) in [7, 11) is 0. The molecule has 0 spiro atoms. The molecule has 1 atom stereocenters. The average Bonchev–Trinajstić information content (AvgIpc) is 3.12. The molecular formula is C21H32N4O3. The van der Waals surface area contributed by atoms with Crippen molar-refractivity contribution in [1.82, 2.24) is 10.2 Å². The smallest absolute Gasteiger partial charge is 0.319 e. The zero-order valence-corrected chi connectivity index (χ0v) is 16.7. The van der Waals surface area contributed by atoms with Gasteiger partial charge < -0.3 is 20.6 Å². The van der Waals surface area contributed by atoms with Crippen molar-refractivity contribution in [2.75, 3.05) is 43.0 Å². The maximum atomic E-state index is 12.2. The quantitative estimate of drug-likeness (QED) is 0.627. The van der Waals surface area contributed by atoms with Gasteiger partial charge in [0.15, 0.2) is 0 Å². The average molecular weight is 389 g/mol. The van der Waals surface area contributed by atoms with Crippen LogP contribution < -0.4 is 15.5 Å². The number of nitrogens with one attached hydrogen (secondary N) is 2. The topological polar surface area (TPSA) is 84.9 Å². The Bertz CT molecular complexity index is 694. The van der Waals surface area contributed by atoms with Crippen molar-refractivity contribution in [1.29, 1.82) is 0 Å². The molecule has 2 fully saturated rings. The molecule has 0 aliphatic carbocycles. The van der Waals surface area contributed by atoms with E-state index in [1.165, 1.54) is 12.8 Å². The van der Waals surface area contributed by atoms with Crippen LogP contribution in [0.25, 0.3) is 0 Å². The molecule has 0 radical (unpaired) electrons. The van der Waals surface area contributed by atoms with Gasteiger partial charge in [-0.2, -0.15) is 0 Å². The number of hydrogen-bond acceptors (Lipinski definition) is 4. The molecule has 2 aliphatic heterocycles. The van der Waals surface area contributed by atoms with Crippen molar-refractivity contribution < 1.29 is 14.7 Å². The predicted molar refractivity (Wildman–Crippen MR) is 111 cm³/mol.